The molecule has 4 nitrogen and oxygen atoms in total. The van der Waals surface area contributed by atoms with Gasteiger partial charge in [-0.1, -0.05) is 13.3 Å². The lowest BCUT2D eigenvalue weighted by Gasteiger charge is -2.30. The zero-order chi connectivity index (χ0) is 12.3. The van der Waals surface area contributed by atoms with Crippen molar-refractivity contribution in [1.29, 1.82) is 0 Å². The van der Waals surface area contributed by atoms with Crippen molar-refractivity contribution in [1.82, 2.24) is 10.2 Å². The quantitative estimate of drug-likeness (QED) is 0.616. The number of morpholine rings is 1. The van der Waals surface area contributed by atoms with Crippen LogP contribution in [0.5, 0.6) is 0 Å². The summed E-state index contributed by atoms with van der Waals surface area (Å²) in [5.74, 6) is 0. The number of nitrogens with one attached hydrogen (secondary N) is 1. The van der Waals surface area contributed by atoms with E-state index in [4.69, 9.17) is 9.47 Å². The fourth-order valence-electron chi connectivity index (χ4n) is 1.90. The van der Waals surface area contributed by atoms with Crippen molar-refractivity contribution < 1.29 is 9.47 Å². The molecule has 0 radical (unpaired) electrons. The van der Waals surface area contributed by atoms with Gasteiger partial charge in [0.2, 0.25) is 0 Å². The van der Waals surface area contributed by atoms with Gasteiger partial charge in [0.1, 0.15) is 0 Å². The Kier molecular flexibility index (Phi) is 8.61. The van der Waals surface area contributed by atoms with Crippen LogP contribution >= 0.6 is 0 Å². The van der Waals surface area contributed by atoms with E-state index in [0.717, 1.165) is 52.4 Å². The van der Waals surface area contributed by atoms with Gasteiger partial charge >= 0.3 is 0 Å². The summed E-state index contributed by atoms with van der Waals surface area (Å²) in [6.45, 7) is 8.91. The van der Waals surface area contributed by atoms with E-state index in [0.29, 0.717) is 6.10 Å². The van der Waals surface area contributed by atoms with E-state index in [1.807, 2.05) is 0 Å². The summed E-state index contributed by atoms with van der Waals surface area (Å²) in [6, 6.07) is 0. The van der Waals surface area contributed by atoms with Gasteiger partial charge in [-0.2, -0.15) is 0 Å². The third-order valence-corrected chi connectivity index (χ3v) is 3.00. The van der Waals surface area contributed by atoms with E-state index < -0.39 is 0 Å². The first kappa shape index (κ1) is 14.9. The van der Waals surface area contributed by atoms with Crippen LogP contribution in [0.1, 0.15) is 26.2 Å². The molecule has 4 heteroatoms. The van der Waals surface area contributed by atoms with Gasteiger partial charge in [-0.15, -0.1) is 0 Å². The Morgan fingerprint density at radius 3 is 2.94 bits per heavy atom. The lowest BCUT2D eigenvalue weighted by Crippen LogP contribution is -2.45. The maximum absolute atomic E-state index is 5.67. The molecule has 0 spiro atoms. The average molecular weight is 244 g/mol. The highest BCUT2D eigenvalue weighted by molar-refractivity contribution is 4.70. The number of likely N-dealkylation sites (N-methyl/N-ethyl adjacent to an activating group) is 1. The summed E-state index contributed by atoms with van der Waals surface area (Å²) >= 11 is 0. The molecule has 17 heavy (non-hydrogen) atoms. The molecule has 1 fully saturated rings. The van der Waals surface area contributed by atoms with Crippen molar-refractivity contribution in [2.24, 2.45) is 0 Å². The standard InChI is InChI=1S/C13H28N2O2/c1-3-4-8-16-9-5-6-14-11-13-12-15(2)7-10-17-13/h13-14H,3-12H2,1-2H3. The molecule has 0 saturated carbocycles. The van der Waals surface area contributed by atoms with E-state index in [1.54, 1.807) is 0 Å². The van der Waals surface area contributed by atoms with Gasteiger partial charge in [0.05, 0.1) is 12.7 Å². The van der Waals surface area contributed by atoms with Crippen LogP contribution < -0.4 is 5.32 Å². The predicted octanol–water partition coefficient (Wildman–Crippen LogP) is 1.11. The first-order chi connectivity index (χ1) is 8.33. The zero-order valence-corrected chi connectivity index (χ0v) is 11.4. The highest BCUT2D eigenvalue weighted by atomic mass is 16.5. The Labute approximate surface area is 106 Å². The Morgan fingerprint density at radius 2 is 2.18 bits per heavy atom. The Hall–Kier alpha value is -0.160. The molecule has 1 aliphatic rings. The Morgan fingerprint density at radius 1 is 1.35 bits per heavy atom. The fourth-order valence-corrected chi connectivity index (χ4v) is 1.90. The Balaban J connectivity index is 1.83. The van der Waals surface area contributed by atoms with Crippen LogP contribution in [-0.2, 0) is 9.47 Å². The molecule has 0 bridgehead atoms. The van der Waals surface area contributed by atoms with E-state index in [9.17, 15) is 0 Å². The lowest BCUT2D eigenvalue weighted by molar-refractivity contribution is -0.0182. The van der Waals surface area contributed by atoms with Crippen molar-refractivity contribution >= 4 is 0 Å². The Bertz CT molecular complexity index is 179. The van der Waals surface area contributed by atoms with Crippen molar-refractivity contribution in [2.75, 3.05) is 53.0 Å². The van der Waals surface area contributed by atoms with Crippen LogP contribution in [-0.4, -0.2) is 64.1 Å². The number of nitrogens with zero attached hydrogens (tertiary/aromatic N) is 1. The molecular weight excluding hydrogens is 216 g/mol. The highest BCUT2D eigenvalue weighted by Gasteiger charge is 2.16. The molecule has 0 aromatic rings. The molecule has 1 rings (SSSR count). The second kappa shape index (κ2) is 9.83. The first-order valence-corrected chi connectivity index (χ1v) is 6.91. The van der Waals surface area contributed by atoms with Crippen LogP contribution in [0.3, 0.4) is 0 Å². The van der Waals surface area contributed by atoms with Gasteiger partial charge < -0.3 is 19.7 Å². The second-order valence-corrected chi connectivity index (χ2v) is 4.78. The number of rotatable bonds is 9. The lowest BCUT2D eigenvalue weighted by atomic mass is 10.3. The minimum atomic E-state index is 0.356. The summed E-state index contributed by atoms with van der Waals surface area (Å²) in [7, 11) is 2.15. The third kappa shape index (κ3) is 7.71. The van der Waals surface area contributed by atoms with Crippen molar-refractivity contribution in [3.8, 4) is 0 Å². The zero-order valence-electron chi connectivity index (χ0n) is 11.4. The van der Waals surface area contributed by atoms with Gasteiger partial charge in [-0.3, -0.25) is 0 Å². The third-order valence-electron chi connectivity index (χ3n) is 3.00. The smallest absolute Gasteiger partial charge is 0.0826 e. The summed E-state index contributed by atoms with van der Waals surface area (Å²) in [4.78, 5) is 2.32. The van der Waals surface area contributed by atoms with Crippen LogP contribution in [0.4, 0.5) is 0 Å². The molecule has 1 N–H and O–H groups in total. The van der Waals surface area contributed by atoms with E-state index >= 15 is 0 Å². The summed E-state index contributed by atoms with van der Waals surface area (Å²) in [6.07, 6.45) is 3.84. The minimum Gasteiger partial charge on any atom is -0.381 e. The molecular formula is C13H28N2O2. The van der Waals surface area contributed by atoms with Gasteiger partial charge in [0, 0.05) is 32.8 Å². The average Bonchev–Trinajstić information content (AvgIpc) is 2.33. The molecule has 1 saturated heterocycles. The molecule has 1 aliphatic heterocycles. The van der Waals surface area contributed by atoms with Gasteiger partial charge in [-0.25, -0.2) is 0 Å². The molecule has 102 valence electrons. The normalized spacial score (nSPS) is 21.9. The largest absolute Gasteiger partial charge is 0.381 e. The molecule has 0 aliphatic carbocycles. The molecule has 0 aromatic heterocycles. The highest BCUT2D eigenvalue weighted by Crippen LogP contribution is 2.01. The van der Waals surface area contributed by atoms with Gasteiger partial charge in [0.15, 0.2) is 0 Å². The van der Waals surface area contributed by atoms with Crippen LogP contribution in [0.15, 0.2) is 0 Å². The fraction of sp³-hybridized carbons (Fsp3) is 1.00. The summed E-state index contributed by atoms with van der Waals surface area (Å²) in [5, 5.41) is 3.43. The molecule has 0 amide bonds. The van der Waals surface area contributed by atoms with E-state index in [2.05, 4.69) is 24.2 Å². The first-order valence-electron chi connectivity index (χ1n) is 6.91. The van der Waals surface area contributed by atoms with Crippen molar-refractivity contribution in [2.45, 2.75) is 32.3 Å². The van der Waals surface area contributed by atoms with Crippen LogP contribution in [0.25, 0.3) is 0 Å². The summed E-state index contributed by atoms with van der Waals surface area (Å²) < 4.78 is 11.2. The monoisotopic (exact) mass is 244 g/mol. The van der Waals surface area contributed by atoms with Crippen molar-refractivity contribution in [3.63, 3.8) is 0 Å². The molecule has 1 atom stereocenters. The number of ether oxygens (including phenoxy) is 2. The number of unbranched alkanes of at least 4 members (excludes halogenated alkanes) is 1. The minimum absolute atomic E-state index is 0.356. The van der Waals surface area contributed by atoms with E-state index in [-0.39, 0.29) is 0 Å². The number of hydrogen-bond donors (Lipinski definition) is 1. The van der Waals surface area contributed by atoms with Crippen molar-refractivity contribution in [3.05, 3.63) is 0 Å². The van der Waals surface area contributed by atoms with Gasteiger partial charge in [0.25, 0.3) is 0 Å². The second-order valence-electron chi connectivity index (χ2n) is 4.78. The van der Waals surface area contributed by atoms with E-state index in [1.165, 1.54) is 12.8 Å². The SMILES string of the molecule is CCCCOCCCNCC1CN(C)CCO1. The predicted molar refractivity (Wildman–Crippen MR) is 70.5 cm³/mol. The summed E-state index contributed by atoms with van der Waals surface area (Å²) in [5.41, 5.74) is 0. The molecule has 0 aromatic carbocycles. The molecule has 1 unspecified atom stereocenters. The van der Waals surface area contributed by atoms with Crippen LogP contribution in [0, 0.1) is 0 Å². The maximum Gasteiger partial charge on any atom is 0.0826 e. The molecule has 1 heterocycles. The maximum atomic E-state index is 5.67. The van der Waals surface area contributed by atoms with Gasteiger partial charge in [-0.05, 0) is 26.4 Å². The number of hydrogen-bond acceptors (Lipinski definition) is 4. The topological polar surface area (TPSA) is 33.7 Å². The van der Waals surface area contributed by atoms with Crippen LogP contribution in [0.2, 0.25) is 0 Å².